The van der Waals surface area contributed by atoms with Gasteiger partial charge in [0.15, 0.2) is 11.8 Å². The van der Waals surface area contributed by atoms with Gasteiger partial charge in [0, 0.05) is 20.5 Å². The summed E-state index contributed by atoms with van der Waals surface area (Å²) in [7, 11) is 1.75. The first-order valence-electron chi connectivity index (χ1n) is 6.43. The van der Waals surface area contributed by atoms with Gasteiger partial charge >= 0.3 is 0 Å². The van der Waals surface area contributed by atoms with Crippen LogP contribution in [0.4, 0.5) is 0 Å². The van der Waals surface area contributed by atoms with Gasteiger partial charge < -0.3 is 15.2 Å². The molecule has 0 radical (unpaired) electrons. The second-order valence-corrected chi connectivity index (χ2v) is 4.22. The molecule has 0 saturated heterocycles. The number of aromatic nitrogens is 2. The van der Waals surface area contributed by atoms with Gasteiger partial charge in [-0.05, 0) is 5.92 Å². The van der Waals surface area contributed by atoms with Crippen molar-refractivity contribution in [2.24, 2.45) is 10.9 Å². The molecule has 0 atom stereocenters. The normalized spacial score (nSPS) is 11.9. The van der Waals surface area contributed by atoms with Gasteiger partial charge in [0.1, 0.15) is 0 Å². The quantitative estimate of drug-likeness (QED) is 0.593. The van der Waals surface area contributed by atoms with Crippen molar-refractivity contribution >= 4 is 5.96 Å². The van der Waals surface area contributed by atoms with E-state index in [-0.39, 0.29) is 0 Å². The molecule has 0 aliphatic rings. The molecule has 0 unspecified atom stereocenters. The Labute approximate surface area is 108 Å². The second-order valence-electron chi connectivity index (χ2n) is 4.22. The van der Waals surface area contributed by atoms with Gasteiger partial charge in [-0.25, -0.2) is 0 Å². The molecule has 1 aromatic heterocycles. The molecule has 1 rings (SSSR count). The maximum atomic E-state index is 4.90. The van der Waals surface area contributed by atoms with E-state index in [4.69, 9.17) is 4.52 Å². The van der Waals surface area contributed by atoms with Crippen molar-refractivity contribution in [3.63, 3.8) is 0 Å². The average molecular weight is 253 g/mol. The van der Waals surface area contributed by atoms with Crippen LogP contribution in [0.15, 0.2) is 9.52 Å². The molecule has 18 heavy (non-hydrogen) atoms. The fourth-order valence-electron chi connectivity index (χ4n) is 1.61. The van der Waals surface area contributed by atoms with Gasteiger partial charge in [-0.1, -0.05) is 31.8 Å². The van der Waals surface area contributed by atoms with Crippen molar-refractivity contribution in [1.29, 1.82) is 0 Å². The Morgan fingerprint density at radius 1 is 1.33 bits per heavy atom. The lowest BCUT2D eigenvalue weighted by Crippen LogP contribution is -2.39. The third kappa shape index (κ3) is 4.73. The summed E-state index contributed by atoms with van der Waals surface area (Å²) in [5.74, 6) is 2.66. The van der Waals surface area contributed by atoms with Crippen LogP contribution in [0, 0.1) is 12.8 Å². The highest BCUT2D eigenvalue weighted by molar-refractivity contribution is 5.79. The predicted octanol–water partition coefficient (Wildman–Crippen LogP) is 1.48. The number of hydrogen-bond acceptors (Lipinski definition) is 4. The second kappa shape index (κ2) is 7.68. The lowest BCUT2D eigenvalue weighted by Gasteiger charge is -2.16. The Morgan fingerprint density at radius 2 is 2.06 bits per heavy atom. The van der Waals surface area contributed by atoms with Gasteiger partial charge in [-0.15, -0.1) is 0 Å². The van der Waals surface area contributed by atoms with E-state index in [0.717, 1.165) is 12.5 Å². The molecule has 0 aromatic carbocycles. The third-order valence-corrected chi connectivity index (χ3v) is 2.92. The maximum Gasteiger partial charge on any atom is 0.223 e. The van der Waals surface area contributed by atoms with Crippen molar-refractivity contribution in [3.8, 4) is 0 Å². The van der Waals surface area contributed by atoms with Crippen molar-refractivity contribution in [1.82, 2.24) is 20.8 Å². The molecule has 0 fully saturated rings. The fraction of sp³-hybridized carbons (Fsp3) is 0.750. The Kier molecular flexibility index (Phi) is 6.18. The van der Waals surface area contributed by atoms with Gasteiger partial charge in [-0.3, -0.25) is 4.99 Å². The molecule has 102 valence electrons. The number of guanidine groups is 1. The van der Waals surface area contributed by atoms with Gasteiger partial charge in [0.05, 0.1) is 6.54 Å². The van der Waals surface area contributed by atoms with E-state index < -0.39 is 0 Å². The molecular weight excluding hydrogens is 230 g/mol. The number of nitrogens with one attached hydrogen (secondary N) is 2. The van der Waals surface area contributed by atoms with Crippen molar-refractivity contribution in [2.75, 3.05) is 13.6 Å². The highest BCUT2D eigenvalue weighted by Crippen LogP contribution is 2.04. The molecule has 0 spiro atoms. The highest BCUT2D eigenvalue weighted by Gasteiger charge is 2.06. The van der Waals surface area contributed by atoms with E-state index >= 15 is 0 Å². The lowest BCUT2D eigenvalue weighted by molar-refractivity contribution is 0.386. The number of hydrogen-bond donors (Lipinski definition) is 2. The molecular formula is C12H23N5O. The highest BCUT2D eigenvalue weighted by atomic mass is 16.5. The van der Waals surface area contributed by atoms with E-state index in [1.807, 2.05) is 0 Å². The van der Waals surface area contributed by atoms with Crippen LogP contribution in [0.3, 0.4) is 0 Å². The van der Waals surface area contributed by atoms with Crippen LogP contribution in [-0.2, 0) is 6.54 Å². The fourth-order valence-corrected chi connectivity index (χ4v) is 1.61. The zero-order valence-electron chi connectivity index (χ0n) is 11.7. The van der Waals surface area contributed by atoms with E-state index in [0.29, 0.717) is 24.2 Å². The molecule has 1 heterocycles. The number of aryl methyl sites for hydroxylation is 1. The zero-order valence-corrected chi connectivity index (χ0v) is 11.7. The van der Waals surface area contributed by atoms with Gasteiger partial charge in [0.2, 0.25) is 5.89 Å². The van der Waals surface area contributed by atoms with Crippen LogP contribution in [0.5, 0.6) is 0 Å². The van der Waals surface area contributed by atoms with Gasteiger partial charge in [-0.2, -0.15) is 4.98 Å². The average Bonchev–Trinajstić information content (AvgIpc) is 2.80. The summed E-state index contributed by atoms with van der Waals surface area (Å²) in [6.07, 6.45) is 2.34. The van der Waals surface area contributed by atoms with Crippen LogP contribution in [-0.4, -0.2) is 29.7 Å². The Balaban J connectivity index is 2.34. The Bertz CT molecular complexity index is 370. The smallest absolute Gasteiger partial charge is 0.223 e. The van der Waals surface area contributed by atoms with E-state index in [1.165, 1.54) is 12.8 Å². The number of rotatable bonds is 6. The summed E-state index contributed by atoms with van der Waals surface area (Å²) in [4.78, 5) is 8.28. The van der Waals surface area contributed by atoms with Crippen molar-refractivity contribution in [3.05, 3.63) is 11.7 Å². The first kappa shape index (κ1) is 14.5. The van der Waals surface area contributed by atoms with Crippen molar-refractivity contribution in [2.45, 2.75) is 40.2 Å². The van der Waals surface area contributed by atoms with Crippen LogP contribution < -0.4 is 10.6 Å². The topological polar surface area (TPSA) is 75.3 Å². The summed E-state index contributed by atoms with van der Waals surface area (Å²) in [5, 5.41) is 10.3. The van der Waals surface area contributed by atoms with Crippen LogP contribution >= 0.6 is 0 Å². The third-order valence-electron chi connectivity index (χ3n) is 2.92. The summed E-state index contributed by atoms with van der Waals surface area (Å²) in [6, 6.07) is 0. The molecule has 0 bridgehead atoms. The minimum Gasteiger partial charge on any atom is -0.356 e. The van der Waals surface area contributed by atoms with E-state index in [2.05, 4.69) is 39.6 Å². The van der Waals surface area contributed by atoms with E-state index in [9.17, 15) is 0 Å². The molecule has 0 amide bonds. The Morgan fingerprint density at radius 3 is 2.56 bits per heavy atom. The maximum absolute atomic E-state index is 4.90. The minimum atomic E-state index is 0.514. The SMILES string of the molecule is CCC(CC)CNC(=NC)NCc1noc(C)n1. The molecule has 2 N–H and O–H groups in total. The number of nitrogens with zero attached hydrogens (tertiary/aromatic N) is 3. The summed E-state index contributed by atoms with van der Waals surface area (Å²) in [5.41, 5.74) is 0. The summed E-state index contributed by atoms with van der Waals surface area (Å²) < 4.78 is 4.90. The monoisotopic (exact) mass is 253 g/mol. The molecule has 6 heteroatoms. The van der Waals surface area contributed by atoms with E-state index in [1.54, 1.807) is 14.0 Å². The zero-order chi connectivity index (χ0) is 13.4. The first-order chi connectivity index (χ1) is 8.69. The standard InChI is InChI=1S/C12H23N5O/c1-5-10(6-2)7-14-12(13-4)15-8-11-16-9(3)18-17-11/h10H,5-8H2,1-4H3,(H2,13,14,15). The van der Waals surface area contributed by atoms with Crippen molar-refractivity contribution < 1.29 is 4.52 Å². The summed E-state index contributed by atoms with van der Waals surface area (Å²) in [6.45, 7) is 7.62. The summed E-state index contributed by atoms with van der Waals surface area (Å²) >= 11 is 0. The minimum absolute atomic E-state index is 0.514. The van der Waals surface area contributed by atoms with Gasteiger partial charge in [0.25, 0.3) is 0 Å². The Hall–Kier alpha value is -1.59. The van der Waals surface area contributed by atoms with Crippen LogP contribution in [0.2, 0.25) is 0 Å². The molecule has 0 aliphatic heterocycles. The lowest BCUT2D eigenvalue weighted by atomic mass is 10.0. The molecule has 1 aromatic rings. The molecule has 0 aliphatic carbocycles. The largest absolute Gasteiger partial charge is 0.356 e. The predicted molar refractivity (Wildman–Crippen MR) is 71.3 cm³/mol. The van der Waals surface area contributed by atoms with Crippen LogP contribution in [0.25, 0.3) is 0 Å². The molecule has 6 nitrogen and oxygen atoms in total. The van der Waals surface area contributed by atoms with Crippen LogP contribution in [0.1, 0.15) is 38.4 Å². The first-order valence-corrected chi connectivity index (χ1v) is 6.43. The number of aliphatic imine (C=N–C) groups is 1. The molecule has 0 saturated carbocycles.